The standard InChI is InChI=1S/C16H15N/c1-12-7-8-16(13(2)9-12)17-10-14-5-3-4-6-15(14)11-17/h3-11H,1-2H3. The highest BCUT2D eigenvalue weighted by molar-refractivity contribution is 5.82. The zero-order chi connectivity index (χ0) is 11.8. The van der Waals surface area contributed by atoms with E-state index in [1.165, 1.54) is 27.6 Å². The van der Waals surface area contributed by atoms with Gasteiger partial charge in [-0.15, -0.1) is 0 Å². The first-order chi connectivity index (χ1) is 8.24. The Kier molecular flexibility index (Phi) is 2.25. The van der Waals surface area contributed by atoms with Crippen molar-refractivity contribution in [1.29, 1.82) is 0 Å². The van der Waals surface area contributed by atoms with Crippen molar-refractivity contribution in [2.24, 2.45) is 0 Å². The quantitative estimate of drug-likeness (QED) is 0.579. The third-order valence-electron chi connectivity index (χ3n) is 3.18. The van der Waals surface area contributed by atoms with Crippen LogP contribution in [-0.4, -0.2) is 4.57 Å². The highest BCUT2D eigenvalue weighted by Gasteiger charge is 2.02. The maximum Gasteiger partial charge on any atom is 0.0479 e. The van der Waals surface area contributed by atoms with Gasteiger partial charge in [-0.05, 0) is 36.2 Å². The number of hydrogen-bond acceptors (Lipinski definition) is 0. The fourth-order valence-electron chi connectivity index (χ4n) is 2.32. The zero-order valence-electron chi connectivity index (χ0n) is 10.1. The molecule has 17 heavy (non-hydrogen) atoms. The van der Waals surface area contributed by atoms with Gasteiger partial charge in [0.25, 0.3) is 0 Å². The molecule has 0 aliphatic rings. The monoisotopic (exact) mass is 221 g/mol. The molecule has 0 amide bonds. The molecule has 1 heterocycles. The fourth-order valence-corrected chi connectivity index (χ4v) is 2.32. The Bertz CT molecular complexity index is 644. The number of fused-ring (bicyclic) bond motifs is 1. The smallest absolute Gasteiger partial charge is 0.0479 e. The lowest BCUT2D eigenvalue weighted by molar-refractivity contribution is 1.06. The van der Waals surface area contributed by atoms with Crippen molar-refractivity contribution in [2.45, 2.75) is 13.8 Å². The Labute approximate surface area is 101 Å². The van der Waals surface area contributed by atoms with Gasteiger partial charge in [-0.3, -0.25) is 0 Å². The highest BCUT2D eigenvalue weighted by atomic mass is 14.9. The van der Waals surface area contributed by atoms with Crippen molar-refractivity contribution < 1.29 is 0 Å². The topological polar surface area (TPSA) is 4.93 Å². The van der Waals surface area contributed by atoms with Crippen LogP contribution < -0.4 is 0 Å². The molecule has 0 saturated carbocycles. The third-order valence-corrected chi connectivity index (χ3v) is 3.18. The molecule has 0 unspecified atom stereocenters. The van der Waals surface area contributed by atoms with Gasteiger partial charge in [-0.1, -0.05) is 42.0 Å². The van der Waals surface area contributed by atoms with E-state index in [9.17, 15) is 0 Å². The van der Waals surface area contributed by atoms with Gasteiger partial charge >= 0.3 is 0 Å². The Morgan fingerprint density at radius 1 is 0.824 bits per heavy atom. The minimum absolute atomic E-state index is 1.26. The highest BCUT2D eigenvalue weighted by Crippen LogP contribution is 2.21. The van der Waals surface area contributed by atoms with Crippen LogP contribution >= 0.6 is 0 Å². The molecule has 0 bridgehead atoms. The lowest BCUT2D eigenvalue weighted by atomic mass is 10.1. The van der Waals surface area contributed by atoms with E-state index in [2.05, 4.69) is 73.3 Å². The van der Waals surface area contributed by atoms with E-state index in [0.29, 0.717) is 0 Å². The molecule has 0 spiro atoms. The molecule has 84 valence electrons. The van der Waals surface area contributed by atoms with Crippen LogP contribution in [0.3, 0.4) is 0 Å². The summed E-state index contributed by atoms with van der Waals surface area (Å²) in [7, 11) is 0. The Morgan fingerprint density at radius 3 is 2.06 bits per heavy atom. The van der Waals surface area contributed by atoms with Crippen LogP contribution in [0.4, 0.5) is 0 Å². The van der Waals surface area contributed by atoms with E-state index in [-0.39, 0.29) is 0 Å². The predicted octanol–water partition coefficient (Wildman–Crippen LogP) is 4.25. The molecule has 0 N–H and O–H groups in total. The molecular weight excluding hydrogens is 206 g/mol. The van der Waals surface area contributed by atoms with Gasteiger partial charge < -0.3 is 4.57 Å². The second kappa shape index (κ2) is 3.77. The number of aryl methyl sites for hydroxylation is 2. The first-order valence-corrected chi connectivity index (χ1v) is 5.88. The van der Waals surface area contributed by atoms with Gasteiger partial charge in [0, 0.05) is 18.1 Å². The van der Waals surface area contributed by atoms with Crippen molar-refractivity contribution in [3.63, 3.8) is 0 Å². The molecule has 2 aromatic carbocycles. The molecular formula is C16H15N. The van der Waals surface area contributed by atoms with Crippen molar-refractivity contribution >= 4 is 10.8 Å². The van der Waals surface area contributed by atoms with Crippen molar-refractivity contribution in [2.75, 3.05) is 0 Å². The predicted molar refractivity (Wildman–Crippen MR) is 72.7 cm³/mol. The SMILES string of the molecule is Cc1ccc(-n2cc3ccccc3c2)c(C)c1. The van der Waals surface area contributed by atoms with Gasteiger partial charge in [0.1, 0.15) is 0 Å². The number of benzene rings is 2. The largest absolute Gasteiger partial charge is 0.322 e. The van der Waals surface area contributed by atoms with E-state index < -0.39 is 0 Å². The van der Waals surface area contributed by atoms with Crippen LogP contribution in [-0.2, 0) is 0 Å². The Morgan fingerprint density at radius 2 is 1.47 bits per heavy atom. The van der Waals surface area contributed by atoms with Crippen LogP contribution in [0.25, 0.3) is 16.5 Å². The van der Waals surface area contributed by atoms with E-state index in [1.807, 2.05) is 0 Å². The molecule has 0 aliphatic carbocycles. The van der Waals surface area contributed by atoms with E-state index in [4.69, 9.17) is 0 Å². The van der Waals surface area contributed by atoms with E-state index in [0.717, 1.165) is 0 Å². The third kappa shape index (κ3) is 1.74. The second-order valence-corrected chi connectivity index (χ2v) is 4.58. The summed E-state index contributed by atoms with van der Waals surface area (Å²) < 4.78 is 2.21. The zero-order valence-corrected chi connectivity index (χ0v) is 10.1. The number of nitrogens with zero attached hydrogens (tertiary/aromatic N) is 1. The number of aromatic nitrogens is 1. The van der Waals surface area contributed by atoms with Crippen molar-refractivity contribution in [3.05, 3.63) is 66.0 Å². The number of rotatable bonds is 1. The average molecular weight is 221 g/mol. The molecule has 0 fully saturated rings. The normalized spacial score (nSPS) is 10.9. The van der Waals surface area contributed by atoms with Gasteiger partial charge in [0.2, 0.25) is 0 Å². The summed E-state index contributed by atoms with van der Waals surface area (Å²) in [5, 5.41) is 2.57. The lowest BCUT2D eigenvalue weighted by Gasteiger charge is -2.07. The minimum Gasteiger partial charge on any atom is -0.322 e. The summed E-state index contributed by atoms with van der Waals surface area (Å²) >= 11 is 0. The minimum atomic E-state index is 1.26. The van der Waals surface area contributed by atoms with Crippen molar-refractivity contribution in [1.82, 2.24) is 4.57 Å². The van der Waals surface area contributed by atoms with Gasteiger partial charge in [0.05, 0.1) is 0 Å². The lowest BCUT2D eigenvalue weighted by Crippen LogP contribution is -1.93. The second-order valence-electron chi connectivity index (χ2n) is 4.58. The molecule has 0 atom stereocenters. The summed E-state index contributed by atoms with van der Waals surface area (Å²) in [5.74, 6) is 0. The molecule has 3 aromatic rings. The van der Waals surface area contributed by atoms with Gasteiger partial charge in [0.15, 0.2) is 0 Å². The molecule has 1 heteroatoms. The first-order valence-electron chi connectivity index (χ1n) is 5.88. The average Bonchev–Trinajstić information content (AvgIpc) is 2.72. The van der Waals surface area contributed by atoms with E-state index in [1.54, 1.807) is 0 Å². The summed E-state index contributed by atoms with van der Waals surface area (Å²) in [6.07, 6.45) is 4.38. The van der Waals surface area contributed by atoms with Crippen LogP contribution in [0.5, 0.6) is 0 Å². The number of hydrogen-bond donors (Lipinski definition) is 0. The fraction of sp³-hybridized carbons (Fsp3) is 0.125. The molecule has 1 aromatic heterocycles. The molecule has 0 saturated heterocycles. The van der Waals surface area contributed by atoms with E-state index >= 15 is 0 Å². The molecule has 0 aliphatic heterocycles. The maximum absolute atomic E-state index is 2.22. The van der Waals surface area contributed by atoms with Crippen LogP contribution in [0.15, 0.2) is 54.9 Å². The van der Waals surface area contributed by atoms with Crippen LogP contribution in [0.2, 0.25) is 0 Å². The molecule has 3 rings (SSSR count). The molecule has 0 radical (unpaired) electrons. The first kappa shape index (κ1) is 10.2. The summed E-state index contributed by atoms with van der Waals surface area (Å²) in [6.45, 7) is 4.29. The Balaban J connectivity index is 2.20. The van der Waals surface area contributed by atoms with Crippen LogP contribution in [0, 0.1) is 13.8 Å². The summed E-state index contributed by atoms with van der Waals surface area (Å²) in [6, 6.07) is 15.0. The van der Waals surface area contributed by atoms with Crippen molar-refractivity contribution in [3.8, 4) is 5.69 Å². The van der Waals surface area contributed by atoms with Crippen LogP contribution in [0.1, 0.15) is 11.1 Å². The maximum atomic E-state index is 2.22. The Hall–Kier alpha value is -2.02. The van der Waals surface area contributed by atoms with Gasteiger partial charge in [-0.25, -0.2) is 0 Å². The summed E-state index contributed by atoms with van der Waals surface area (Å²) in [4.78, 5) is 0. The van der Waals surface area contributed by atoms with Gasteiger partial charge in [-0.2, -0.15) is 0 Å². The molecule has 1 nitrogen and oxygen atoms in total. The summed E-state index contributed by atoms with van der Waals surface area (Å²) in [5.41, 5.74) is 3.88.